The Bertz CT molecular complexity index is 460. The number of esters is 1. The summed E-state index contributed by atoms with van der Waals surface area (Å²) in [4.78, 5) is 22.0. The minimum absolute atomic E-state index is 0.148. The Hall–Kier alpha value is -2.24. The topological polar surface area (TPSA) is 76.7 Å². The standard InChI is InChI=1S/C13H18N2O4/c1-9(16)15-10-4-5-12(18-2)11(8-10)14-7-6-13(17)19-3/h4-5,8,14H,6-7H2,1-3H3,(H,15,16). The molecule has 1 amide bonds. The molecular weight excluding hydrogens is 248 g/mol. The van der Waals surface area contributed by atoms with Crippen molar-refractivity contribution in [1.29, 1.82) is 0 Å². The molecule has 19 heavy (non-hydrogen) atoms. The lowest BCUT2D eigenvalue weighted by atomic mass is 10.2. The van der Waals surface area contributed by atoms with Gasteiger partial charge in [0.05, 0.1) is 26.3 Å². The zero-order valence-corrected chi connectivity index (χ0v) is 11.3. The van der Waals surface area contributed by atoms with E-state index in [0.29, 0.717) is 23.7 Å². The molecule has 0 heterocycles. The van der Waals surface area contributed by atoms with Crippen LogP contribution in [0.25, 0.3) is 0 Å². The summed E-state index contributed by atoms with van der Waals surface area (Å²) in [6, 6.07) is 5.23. The fourth-order valence-corrected chi connectivity index (χ4v) is 1.53. The van der Waals surface area contributed by atoms with Gasteiger partial charge in [0, 0.05) is 19.2 Å². The second-order valence-corrected chi connectivity index (χ2v) is 3.85. The molecule has 0 radical (unpaired) electrons. The lowest BCUT2D eigenvalue weighted by molar-refractivity contribution is -0.140. The van der Waals surface area contributed by atoms with Crippen LogP contribution >= 0.6 is 0 Å². The van der Waals surface area contributed by atoms with Crippen molar-refractivity contribution in [3.05, 3.63) is 18.2 Å². The zero-order chi connectivity index (χ0) is 14.3. The van der Waals surface area contributed by atoms with Gasteiger partial charge in [-0.25, -0.2) is 0 Å². The van der Waals surface area contributed by atoms with Gasteiger partial charge in [0.2, 0.25) is 5.91 Å². The number of nitrogens with one attached hydrogen (secondary N) is 2. The van der Waals surface area contributed by atoms with Gasteiger partial charge in [-0.15, -0.1) is 0 Å². The van der Waals surface area contributed by atoms with Gasteiger partial charge in [-0.05, 0) is 18.2 Å². The van der Waals surface area contributed by atoms with Crippen molar-refractivity contribution >= 4 is 23.3 Å². The van der Waals surface area contributed by atoms with Gasteiger partial charge in [-0.1, -0.05) is 0 Å². The molecule has 0 aliphatic rings. The number of methoxy groups -OCH3 is 2. The number of carbonyl (C=O) groups excluding carboxylic acids is 2. The summed E-state index contributed by atoms with van der Waals surface area (Å²) in [5.41, 5.74) is 1.37. The van der Waals surface area contributed by atoms with E-state index < -0.39 is 0 Å². The number of amides is 1. The average Bonchev–Trinajstić information content (AvgIpc) is 2.38. The molecule has 0 bridgehead atoms. The Morgan fingerprint density at radius 3 is 2.58 bits per heavy atom. The van der Waals surface area contributed by atoms with Crippen molar-refractivity contribution in [3.63, 3.8) is 0 Å². The van der Waals surface area contributed by atoms with Gasteiger partial charge in [0.1, 0.15) is 5.75 Å². The van der Waals surface area contributed by atoms with Crippen LogP contribution < -0.4 is 15.4 Å². The zero-order valence-electron chi connectivity index (χ0n) is 11.3. The molecule has 0 fully saturated rings. The number of hydrogen-bond donors (Lipinski definition) is 2. The molecule has 1 aromatic rings. The summed E-state index contributed by atoms with van der Waals surface area (Å²) in [6.07, 6.45) is 0.254. The van der Waals surface area contributed by atoms with Crippen molar-refractivity contribution in [2.75, 3.05) is 31.4 Å². The van der Waals surface area contributed by atoms with Crippen LogP contribution in [-0.2, 0) is 14.3 Å². The third-order valence-electron chi connectivity index (χ3n) is 2.39. The van der Waals surface area contributed by atoms with Crippen molar-refractivity contribution < 1.29 is 19.1 Å². The van der Waals surface area contributed by atoms with E-state index in [4.69, 9.17) is 4.74 Å². The number of carbonyl (C=O) groups is 2. The Morgan fingerprint density at radius 2 is 2.00 bits per heavy atom. The molecular formula is C13H18N2O4. The van der Waals surface area contributed by atoms with E-state index in [9.17, 15) is 9.59 Å². The molecule has 6 nitrogen and oxygen atoms in total. The number of rotatable bonds is 6. The van der Waals surface area contributed by atoms with Crippen LogP contribution in [0.2, 0.25) is 0 Å². The van der Waals surface area contributed by atoms with E-state index in [1.54, 1.807) is 25.3 Å². The Balaban J connectivity index is 2.72. The monoisotopic (exact) mass is 266 g/mol. The highest BCUT2D eigenvalue weighted by Crippen LogP contribution is 2.27. The first kappa shape index (κ1) is 14.8. The summed E-state index contributed by atoms with van der Waals surface area (Å²) in [7, 11) is 2.90. The highest BCUT2D eigenvalue weighted by Gasteiger charge is 2.06. The van der Waals surface area contributed by atoms with E-state index in [-0.39, 0.29) is 18.3 Å². The van der Waals surface area contributed by atoms with E-state index in [1.165, 1.54) is 14.0 Å². The first-order valence-electron chi connectivity index (χ1n) is 5.83. The summed E-state index contributed by atoms with van der Waals surface area (Å²) < 4.78 is 9.75. The Morgan fingerprint density at radius 1 is 1.26 bits per heavy atom. The molecule has 0 saturated heterocycles. The van der Waals surface area contributed by atoms with Crippen molar-refractivity contribution in [1.82, 2.24) is 0 Å². The molecule has 0 aliphatic heterocycles. The van der Waals surface area contributed by atoms with Crippen LogP contribution in [0.3, 0.4) is 0 Å². The van der Waals surface area contributed by atoms with Crippen LogP contribution in [0.4, 0.5) is 11.4 Å². The smallest absolute Gasteiger partial charge is 0.307 e. The summed E-state index contributed by atoms with van der Waals surface area (Å²) in [6.45, 7) is 1.86. The van der Waals surface area contributed by atoms with Gasteiger partial charge in [0.15, 0.2) is 0 Å². The lowest BCUT2D eigenvalue weighted by Crippen LogP contribution is -2.11. The van der Waals surface area contributed by atoms with Crippen LogP contribution in [0.15, 0.2) is 18.2 Å². The van der Waals surface area contributed by atoms with E-state index >= 15 is 0 Å². The largest absolute Gasteiger partial charge is 0.495 e. The first-order valence-corrected chi connectivity index (χ1v) is 5.83. The number of anilines is 2. The predicted molar refractivity (Wildman–Crippen MR) is 72.4 cm³/mol. The normalized spacial score (nSPS) is 9.63. The Kier molecular flexibility index (Phi) is 5.66. The summed E-state index contributed by atoms with van der Waals surface area (Å²) >= 11 is 0. The summed E-state index contributed by atoms with van der Waals surface area (Å²) in [5.74, 6) is 0.203. The van der Waals surface area contributed by atoms with E-state index in [2.05, 4.69) is 15.4 Å². The van der Waals surface area contributed by atoms with Gasteiger partial charge >= 0.3 is 5.97 Å². The minimum atomic E-state index is -0.288. The third kappa shape index (κ3) is 4.87. The maximum absolute atomic E-state index is 11.0. The molecule has 1 rings (SSSR count). The molecule has 0 atom stereocenters. The fraction of sp³-hybridized carbons (Fsp3) is 0.385. The van der Waals surface area contributed by atoms with Crippen LogP contribution in [-0.4, -0.2) is 32.6 Å². The lowest BCUT2D eigenvalue weighted by Gasteiger charge is -2.12. The molecule has 1 aromatic carbocycles. The Labute approximate surface area is 112 Å². The highest BCUT2D eigenvalue weighted by molar-refractivity contribution is 5.89. The SMILES string of the molecule is COC(=O)CCNc1cc(NC(C)=O)ccc1OC. The quantitative estimate of drug-likeness (QED) is 0.765. The molecule has 0 saturated carbocycles. The first-order chi connectivity index (χ1) is 9.06. The minimum Gasteiger partial charge on any atom is -0.495 e. The van der Waals surface area contributed by atoms with Gasteiger partial charge in [-0.3, -0.25) is 9.59 Å². The van der Waals surface area contributed by atoms with Crippen LogP contribution in [0, 0.1) is 0 Å². The molecule has 6 heteroatoms. The highest BCUT2D eigenvalue weighted by atomic mass is 16.5. The maximum atomic E-state index is 11.0. The van der Waals surface area contributed by atoms with Gasteiger partial charge < -0.3 is 20.1 Å². The second kappa shape index (κ2) is 7.25. The molecule has 0 aliphatic carbocycles. The summed E-state index contributed by atoms with van der Waals surface area (Å²) in [5, 5.41) is 5.75. The van der Waals surface area contributed by atoms with E-state index in [1.807, 2.05) is 0 Å². The predicted octanol–water partition coefficient (Wildman–Crippen LogP) is 1.63. The average molecular weight is 266 g/mol. The second-order valence-electron chi connectivity index (χ2n) is 3.85. The fourth-order valence-electron chi connectivity index (χ4n) is 1.53. The maximum Gasteiger partial charge on any atom is 0.307 e. The van der Waals surface area contributed by atoms with Crippen molar-refractivity contribution in [2.45, 2.75) is 13.3 Å². The van der Waals surface area contributed by atoms with Crippen molar-refractivity contribution in [2.24, 2.45) is 0 Å². The number of hydrogen-bond acceptors (Lipinski definition) is 5. The van der Waals surface area contributed by atoms with Gasteiger partial charge in [-0.2, -0.15) is 0 Å². The number of benzene rings is 1. The molecule has 0 aromatic heterocycles. The van der Waals surface area contributed by atoms with Gasteiger partial charge in [0.25, 0.3) is 0 Å². The van der Waals surface area contributed by atoms with Crippen LogP contribution in [0.5, 0.6) is 5.75 Å². The molecule has 104 valence electrons. The van der Waals surface area contributed by atoms with E-state index in [0.717, 1.165) is 0 Å². The van der Waals surface area contributed by atoms with Crippen LogP contribution in [0.1, 0.15) is 13.3 Å². The molecule has 0 unspecified atom stereocenters. The molecule has 0 spiro atoms. The molecule has 2 N–H and O–H groups in total. The third-order valence-corrected chi connectivity index (χ3v) is 2.39. The number of ether oxygens (including phenoxy) is 2. The van der Waals surface area contributed by atoms with Crippen molar-refractivity contribution in [3.8, 4) is 5.75 Å².